The molecular formula is C13H16F6O3. The highest BCUT2D eigenvalue weighted by Crippen LogP contribution is 2.48. The van der Waals surface area contributed by atoms with E-state index in [4.69, 9.17) is 0 Å². The van der Waals surface area contributed by atoms with Gasteiger partial charge in [0.1, 0.15) is 6.10 Å². The zero-order valence-corrected chi connectivity index (χ0v) is 11.5. The van der Waals surface area contributed by atoms with Gasteiger partial charge in [-0.15, -0.1) is 0 Å². The van der Waals surface area contributed by atoms with Crippen LogP contribution in [0.4, 0.5) is 26.3 Å². The Kier molecular flexibility index (Phi) is 5.53. The molecule has 1 N–H and O–H groups in total. The van der Waals surface area contributed by atoms with Gasteiger partial charge < -0.3 is 9.84 Å². The van der Waals surface area contributed by atoms with E-state index in [0.717, 1.165) is 0 Å². The summed E-state index contributed by atoms with van der Waals surface area (Å²) in [6.07, 6.45) is -12.9. The number of aliphatic hydroxyl groups is 1. The molecule has 0 amide bonds. The fraction of sp³-hybridized carbons (Fsp3) is 0.769. The molecule has 1 aliphatic rings. The highest BCUT2D eigenvalue weighted by molar-refractivity contribution is 5.81. The van der Waals surface area contributed by atoms with Crippen LogP contribution in [0.5, 0.6) is 0 Å². The molecule has 1 rings (SSSR count). The van der Waals surface area contributed by atoms with E-state index in [2.05, 4.69) is 11.3 Å². The topological polar surface area (TPSA) is 46.5 Å². The number of hydrogen-bond donors (Lipinski definition) is 1. The molecule has 0 aromatic rings. The van der Waals surface area contributed by atoms with Crippen molar-refractivity contribution in [2.24, 2.45) is 5.92 Å². The SMILES string of the molecule is C=CC(=O)OC(CC1CCCC1)C(O)(C(F)(F)F)C(F)(F)F. The van der Waals surface area contributed by atoms with Crippen molar-refractivity contribution in [1.82, 2.24) is 0 Å². The van der Waals surface area contributed by atoms with Crippen molar-refractivity contribution in [3.63, 3.8) is 0 Å². The second-order valence-electron chi connectivity index (χ2n) is 5.28. The van der Waals surface area contributed by atoms with Crippen LogP contribution < -0.4 is 0 Å². The van der Waals surface area contributed by atoms with Crippen LogP contribution in [0.2, 0.25) is 0 Å². The summed E-state index contributed by atoms with van der Waals surface area (Å²) in [5.74, 6) is -1.92. The molecule has 22 heavy (non-hydrogen) atoms. The first-order chi connectivity index (χ1) is 9.93. The Labute approximate surface area is 122 Å². The number of ether oxygens (including phenoxy) is 1. The maximum atomic E-state index is 12.9. The van der Waals surface area contributed by atoms with Crippen LogP contribution in [-0.2, 0) is 9.53 Å². The summed E-state index contributed by atoms with van der Waals surface area (Å²) in [6.45, 7) is 2.93. The Balaban J connectivity index is 3.17. The Hall–Kier alpha value is -1.25. The Morgan fingerprint density at radius 2 is 1.64 bits per heavy atom. The minimum absolute atomic E-state index is 0.425. The van der Waals surface area contributed by atoms with Crippen LogP contribution in [-0.4, -0.2) is 35.1 Å². The van der Waals surface area contributed by atoms with Crippen molar-refractivity contribution in [1.29, 1.82) is 0 Å². The summed E-state index contributed by atoms with van der Waals surface area (Å²) in [6, 6.07) is 0. The van der Waals surface area contributed by atoms with Gasteiger partial charge in [-0.25, -0.2) is 4.79 Å². The quantitative estimate of drug-likeness (QED) is 0.475. The lowest BCUT2D eigenvalue weighted by atomic mass is 9.87. The van der Waals surface area contributed by atoms with E-state index in [1.807, 2.05) is 0 Å². The van der Waals surface area contributed by atoms with E-state index in [1.54, 1.807) is 0 Å². The predicted molar refractivity (Wildman–Crippen MR) is 63.7 cm³/mol. The number of halogens is 6. The van der Waals surface area contributed by atoms with Crippen LogP contribution in [0, 0.1) is 5.92 Å². The second-order valence-corrected chi connectivity index (χ2v) is 5.28. The van der Waals surface area contributed by atoms with Gasteiger partial charge in [0, 0.05) is 6.08 Å². The number of esters is 1. The van der Waals surface area contributed by atoms with Crippen LogP contribution in [0.25, 0.3) is 0 Å². The third kappa shape index (κ3) is 3.74. The summed E-state index contributed by atoms with van der Waals surface area (Å²) in [5, 5.41) is 9.39. The number of rotatable bonds is 5. The molecule has 0 heterocycles. The van der Waals surface area contributed by atoms with E-state index in [9.17, 15) is 36.2 Å². The highest BCUT2D eigenvalue weighted by atomic mass is 19.4. The molecule has 1 fully saturated rings. The molecule has 0 spiro atoms. The standard InChI is InChI=1S/C13H16F6O3/c1-2-10(20)22-9(7-8-5-3-4-6-8)11(21,12(14,15)16)13(17,18)19/h2,8-9,21H,1,3-7H2. The smallest absolute Gasteiger partial charge is 0.430 e. The predicted octanol–water partition coefficient (Wildman–Crippen LogP) is 3.52. The molecular weight excluding hydrogens is 318 g/mol. The maximum Gasteiger partial charge on any atom is 0.430 e. The molecule has 0 saturated heterocycles. The number of alkyl halides is 6. The first-order valence-electron chi connectivity index (χ1n) is 6.62. The molecule has 1 aliphatic carbocycles. The third-order valence-electron chi connectivity index (χ3n) is 3.78. The Bertz CT molecular complexity index is 395. The molecule has 0 aromatic carbocycles. The minimum atomic E-state index is -6.03. The van der Waals surface area contributed by atoms with Gasteiger partial charge in [0.2, 0.25) is 0 Å². The molecule has 3 nitrogen and oxygen atoms in total. The molecule has 128 valence electrons. The van der Waals surface area contributed by atoms with Crippen LogP contribution >= 0.6 is 0 Å². The number of hydrogen-bond acceptors (Lipinski definition) is 3. The van der Waals surface area contributed by atoms with E-state index in [-0.39, 0.29) is 0 Å². The average Bonchev–Trinajstić information content (AvgIpc) is 2.86. The second kappa shape index (κ2) is 6.47. The van der Waals surface area contributed by atoms with Crippen LogP contribution in [0.3, 0.4) is 0 Å². The third-order valence-corrected chi connectivity index (χ3v) is 3.78. The van der Waals surface area contributed by atoms with E-state index in [1.165, 1.54) is 0 Å². The van der Waals surface area contributed by atoms with Crippen molar-refractivity contribution in [2.75, 3.05) is 0 Å². The van der Waals surface area contributed by atoms with Crippen molar-refractivity contribution in [2.45, 2.75) is 56.2 Å². The monoisotopic (exact) mass is 334 g/mol. The summed E-state index contributed by atoms with van der Waals surface area (Å²) >= 11 is 0. The lowest BCUT2D eigenvalue weighted by Crippen LogP contribution is -2.65. The first-order valence-corrected chi connectivity index (χ1v) is 6.62. The minimum Gasteiger partial charge on any atom is -0.455 e. The van der Waals surface area contributed by atoms with Gasteiger partial charge in [-0.1, -0.05) is 32.3 Å². The van der Waals surface area contributed by atoms with Crippen molar-refractivity contribution < 1.29 is 41.0 Å². The molecule has 1 unspecified atom stereocenters. The van der Waals surface area contributed by atoms with E-state index >= 15 is 0 Å². The summed E-state index contributed by atoms with van der Waals surface area (Å²) < 4.78 is 81.6. The molecule has 0 aromatic heterocycles. The van der Waals surface area contributed by atoms with Gasteiger partial charge in [-0.3, -0.25) is 0 Å². The van der Waals surface area contributed by atoms with Gasteiger partial charge in [0.05, 0.1) is 0 Å². The van der Waals surface area contributed by atoms with Gasteiger partial charge in [0.15, 0.2) is 0 Å². The van der Waals surface area contributed by atoms with Crippen molar-refractivity contribution in [3.8, 4) is 0 Å². The Morgan fingerprint density at radius 3 is 2.00 bits per heavy atom. The van der Waals surface area contributed by atoms with E-state index in [0.29, 0.717) is 31.8 Å². The molecule has 9 heteroatoms. The zero-order chi connectivity index (χ0) is 17.2. The largest absolute Gasteiger partial charge is 0.455 e. The lowest BCUT2D eigenvalue weighted by Gasteiger charge is -2.38. The van der Waals surface area contributed by atoms with Crippen molar-refractivity contribution in [3.05, 3.63) is 12.7 Å². The average molecular weight is 334 g/mol. The lowest BCUT2D eigenvalue weighted by molar-refractivity contribution is -0.392. The number of carbonyl (C=O) groups excluding carboxylic acids is 1. The van der Waals surface area contributed by atoms with E-state index < -0.39 is 42.4 Å². The molecule has 1 atom stereocenters. The Morgan fingerprint density at radius 1 is 1.18 bits per heavy atom. The van der Waals surface area contributed by atoms with Crippen molar-refractivity contribution >= 4 is 5.97 Å². The summed E-state index contributed by atoms with van der Waals surface area (Å²) in [7, 11) is 0. The molecule has 0 aliphatic heterocycles. The summed E-state index contributed by atoms with van der Waals surface area (Å²) in [4.78, 5) is 11.1. The zero-order valence-electron chi connectivity index (χ0n) is 11.5. The fourth-order valence-electron chi connectivity index (χ4n) is 2.57. The molecule has 1 saturated carbocycles. The van der Waals surface area contributed by atoms with Gasteiger partial charge in [-0.05, 0) is 12.3 Å². The highest BCUT2D eigenvalue weighted by Gasteiger charge is 2.75. The fourth-order valence-corrected chi connectivity index (χ4v) is 2.57. The van der Waals surface area contributed by atoms with Crippen LogP contribution in [0.1, 0.15) is 32.1 Å². The maximum absolute atomic E-state index is 12.9. The first kappa shape index (κ1) is 18.8. The van der Waals surface area contributed by atoms with Crippen LogP contribution in [0.15, 0.2) is 12.7 Å². The van der Waals surface area contributed by atoms with Gasteiger partial charge in [-0.2, -0.15) is 26.3 Å². The molecule has 0 radical (unpaired) electrons. The van der Waals surface area contributed by atoms with Gasteiger partial charge >= 0.3 is 18.3 Å². The van der Waals surface area contributed by atoms with Gasteiger partial charge in [0.25, 0.3) is 5.60 Å². The summed E-state index contributed by atoms with van der Waals surface area (Å²) in [5.41, 5.74) is -5.11. The number of carbonyl (C=O) groups is 1. The normalized spacial score (nSPS) is 19.0. The molecule has 0 bridgehead atoms.